The number of hydrogen-bond donors (Lipinski definition) is 1. The van der Waals surface area contributed by atoms with Gasteiger partial charge in [-0.05, 0) is 35.6 Å². The van der Waals surface area contributed by atoms with Crippen LogP contribution in [0.15, 0.2) is 66.7 Å². The zero-order chi connectivity index (χ0) is 18.4. The van der Waals surface area contributed by atoms with E-state index in [-0.39, 0.29) is 5.91 Å². The van der Waals surface area contributed by atoms with E-state index in [1.165, 1.54) is 0 Å². The number of carbonyl (C=O) groups is 1. The molecule has 0 aliphatic carbocycles. The van der Waals surface area contributed by atoms with Gasteiger partial charge in [0.2, 0.25) is 0 Å². The Morgan fingerprint density at radius 1 is 1.08 bits per heavy atom. The molecule has 0 heterocycles. The maximum Gasteiger partial charge on any atom is 0.265 e. The number of carbonyl (C=O) groups excluding carboxylic acids is 1. The maximum atomic E-state index is 12.6. The van der Waals surface area contributed by atoms with Crippen LogP contribution in [0.4, 0.5) is 5.69 Å². The van der Waals surface area contributed by atoms with Crippen LogP contribution in [0, 0.1) is 11.3 Å². The summed E-state index contributed by atoms with van der Waals surface area (Å²) in [6, 6.07) is 23.2. The number of nitriles is 1. The second-order valence-corrected chi connectivity index (χ2v) is 6.01. The molecule has 0 aromatic heterocycles. The molecule has 0 aliphatic heterocycles. The number of amides is 1. The predicted molar refractivity (Wildman–Crippen MR) is 103 cm³/mol. The average Bonchev–Trinajstić information content (AvgIpc) is 2.68. The van der Waals surface area contributed by atoms with E-state index in [2.05, 4.69) is 11.4 Å². The molecule has 1 unspecified atom stereocenters. The standard InChI is InChI=1S/C22H20N2O2/c1-2-20(22(25)24-18-12-10-16(11-13-18)14-15-23)26-21-9-5-7-17-6-3-4-8-19(17)21/h3-13,20H,2,14H2,1H3,(H,24,25). The highest BCUT2D eigenvalue weighted by Gasteiger charge is 2.19. The van der Waals surface area contributed by atoms with Crippen LogP contribution in [0.3, 0.4) is 0 Å². The third kappa shape index (κ3) is 4.01. The van der Waals surface area contributed by atoms with Crippen molar-refractivity contribution in [1.82, 2.24) is 0 Å². The van der Waals surface area contributed by atoms with Gasteiger partial charge in [0.15, 0.2) is 6.10 Å². The molecule has 0 radical (unpaired) electrons. The van der Waals surface area contributed by atoms with Gasteiger partial charge in [0.05, 0.1) is 12.5 Å². The molecule has 130 valence electrons. The van der Waals surface area contributed by atoms with Crippen LogP contribution in [0.2, 0.25) is 0 Å². The molecule has 3 rings (SSSR count). The summed E-state index contributed by atoms with van der Waals surface area (Å²) in [6.45, 7) is 1.92. The van der Waals surface area contributed by atoms with E-state index in [4.69, 9.17) is 10.00 Å². The van der Waals surface area contributed by atoms with Crippen LogP contribution in [0.1, 0.15) is 18.9 Å². The van der Waals surface area contributed by atoms with E-state index < -0.39 is 6.10 Å². The van der Waals surface area contributed by atoms with Gasteiger partial charge in [0.1, 0.15) is 5.75 Å². The first kappa shape index (κ1) is 17.5. The topological polar surface area (TPSA) is 62.1 Å². The number of fused-ring (bicyclic) bond motifs is 1. The lowest BCUT2D eigenvalue weighted by molar-refractivity contribution is -0.122. The largest absolute Gasteiger partial charge is 0.480 e. The van der Waals surface area contributed by atoms with Gasteiger partial charge in [-0.25, -0.2) is 0 Å². The Bertz CT molecular complexity index is 937. The van der Waals surface area contributed by atoms with Crippen molar-refractivity contribution in [3.63, 3.8) is 0 Å². The minimum Gasteiger partial charge on any atom is -0.480 e. The summed E-state index contributed by atoms with van der Waals surface area (Å²) >= 11 is 0. The van der Waals surface area contributed by atoms with Crippen molar-refractivity contribution >= 4 is 22.4 Å². The fraction of sp³-hybridized carbons (Fsp3) is 0.182. The molecule has 4 heteroatoms. The molecular weight excluding hydrogens is 324 g/mol. The Labute approximate surface area is 153 Å². The first-order valence-corrected chi connectivity index (χ1v) is 8.62. The normalized spacial score (nSPS) is 11.5. The Kier molecular flexibility index (Phi) is 5.50. The molecule has 0 spiro atoms. The fourth-order valence-electron chi connectivity index (χ4n) is 2.79. The van der Waals surface area contributed by atoms with E-state index in [1.54, 1.807) is 12.1 Å². The van der Waals surface area contributed by atoms with Crippen molar-refractivity contribution < 1.29 is 9.53 Å². The second-order valence-electron chi connectivity index (χ2n) is 6.01. The Balaban J connectivity index is 1.73. The van der Waals surface area contributed by atoms with Crippen molar-refractivity contribution in [2.24, 2.45) is 0 Å². The minimum absolute atomic E-state index is 0.187. The van der Waals surface area contributed by atoms with Crippen LogP contribution >= 0.6 is 0 Å². The highest BCUT2D eigenvalue weighted by atomic mass is 16.5. The Morgan fingerprint density at radius 3 is 2.54 bits per heavy atom. The monoisotopic (exact) mass is 344 g/mol. The van der Waals surface area contributed by atoms with Gasteiger partial charge in [-0.3, -0.25) is 4.79 Å². The molecule has 26 heavy (non-hydrogen) atoms. The number of anilines is 1. The van der Waals surface area contributed by atoms with Crippen LogP contribution < -0.4 is 10.1 Å². The van der Waals surface area contributed by atoms with Gasteiger partial charge in [-0.15, -0.1) is 0 Å². The molecule has 3 aromatic carbocycles. The van der Waals surface area contributed by atoms with Crippen LogP contribution in [0.5, 0.6) is 5.75 Å². The SMILES string of the molecule is CCC(Oc1cccc2ccccc12)C(=O)Nc1ccc(CC#N)cc1. The molecule has 0 saturated heterocycles. The summed E-state index contributed by atoms with van der Waals surface area (Å²) in [5.74, 6) is 0.517. The highest BCUT2D eigenvalue weighted by Crippen LogP contribution is 2.26. The van der Waals surface area contributed by atoms with Crippen LogP contribution in [-0.4, -0.2) is 12.0 Å². The van der Waals surface area contributed by atoms with Gasteiger partial charge in [0.25, 0.3) is 5.91 Å². The summed E-state index contributed by atoms with van der Waals surface area (Å²) in [5, 5.41) is 13.7. The molecule has 0 saturated carbocycles. The molecule has 1 N–H and O–H groups in total. The zero-order valence-electron chi connectivity index (χ0n) is 14.6. The molecule has 4 nitrogen and oxygen atoms in total. The van der Waals surface area contributed by atoms with Crippen LogP contribution in [0.25, 0.3) is 10.8 Å². The van der Waals surface area contributed by atoms with Crippen molar-refractivity contribution in [1.29, 1.82) is 5.26 Å². The molecule has 0 bridgehead atoms. The molecular formula is C22H20N2O2. The summed E-state index contributed by atoms with van der Waals surface area (Å²) in [7, 11) is 0. The smallest absolute Gasteiger partial charge is 0.265 e. The van der Waals surface area contributed by atoms with E-state index >= 15 is 0 Å². The summed E-state index contributed by atoms with van der Waals surface area (Å²) in [5.41, 5.74) is 1.61. The third-order valence-electron chi connectivity index (χ3n) is 4.19. The van der Waals surface area contributed by atoms with Gasteiger partial charge in [-0.2, -0.15) is 5.26 Å². The summed E-state index contributed by atoms with van der Waals surface area (Å²) < 4.78 is 6.02. The number of nitrogens with zero attached hydrogens (tertiary/aromatic N) is 1. The zero-order valence-corrected chi connectivity index (χ0v) is 14.6. The number of hydrogen-bond acceptors (Lipinski definition) is 3. The minimum atomic E-state index is -0.584. The van der Waals surface area contributed by atoms with Gasteiger partial charge < -0.3 is 10.1 Å². The van der Waals surface area contributed by atoms with E-state index in [0.717, 1.165) is 16.3 Å². The maximum absolute atomic E-state index is 12.6. The number of benzene rings is 3. The number of ether oxygens (including phenoxy) is 1. The average molecular weight is 344 g/mol. The quantitative estimate of drug-likeness (QED) is 0.705. The second kappa shape index (κ2) is 8.17. The summed E-state index contributed by atoms with van der Waals surface area (Å²) in [4.78, 5) is 12.6. The lowest BCUT2D eigenvalue weighted by Crippen LogP contribution is -2.32. The van der Waals surface area contributed by atoms with E-state index in [1.807, 2.05) is 61.5 Å². The van der Waals surface area contributed by atoms with Gasteiger partial charge >= 0.3 is 0 Å². The van der Waals surface area contributed by atoms with Crippen molar-refractivity contribution in [3.05, 3.63) is 72.3 Å². The summed E-state index contributed by atoms with van der Waals surface area (Å²) in [6.07, 6.45) is 0.331. The van der Waals surface area contributed by atoms with Crippen LogP contribution in [-0.2, 0) is 11.2 Å². The first-order valence-electron chi connectivity index (χ1n) is 8.62. The third-order valence-corrected chi connectivity index (χ3v) is 4.19. The molecule has 1 atom stereocenters. The fourth-order valence-corrected chi connectivity index (χ4v) is 2.79. The number of rotatable bonds is 6. The van der Waals surface area contributed by atoms with Gasteiger partial charge in [-0.1, -0.05) is 55.5 Å². The van der Waals surface area contributed by atoms with Crippen molar-refractivity contribution in [2.45, 2.75) is 25.9 Å². The highest BCUT2D eigenvalue weighted by molar-refractivity contribution is 5.95. The predicted octanol–water partition coefficient (Wildman–Crippen LogP) is 4.70. The first-order chi connectivity index (χ1) is 12.7. The Morgan fingerprint density at radius 2 is 1.81 bits per heavy atom. The van der Waals surface area contributed by atoms with Gasteiger partial charge in [0, 0.05) is 11.1 Å². The molecule has 1 amide bonds. The van der Waals surface area contributed by atoms with Crippen molar-refractivity contribution in [2.75, 3.05) is 5.32 Å². The number of nitrogens with one attached hydrogen (secondary N) is 1. The molecule has 3 aromatic rings. The van der Waals surface area contributed by atoms with E-state index in [0.29, 0.717) is 24.3 Å². The molecule has 0 fully saturated rings. The van der Waals surface area contributed by atoms with Crippen molar-refractivity contribution in [3.8, 4) is 11.8 Å². The molecule has 0 aliphatic rings. The lowest BCUT2D eigenvalue weighted by atomic mass is 10.1. The Hall–Kier alpha value is -3.32. The lowest BCUT2D eigenvalue weighted by Gasteiger charge is -2.18. The van der Waals surface area contributed by atoms with E-state index in [9.17, 15) is 4.79 Å².